The molecule has 0 unspecified atom stereocenters. The molecule has 22 heavy (non-hydrogen) atoms. The zero-order valence-corrected chi connectivity index (χ0v) is 14.0. The second-order valence-electron chi connectivity index (χ2n) is 4.92. The second-order valence-corrected chi connectivity index (χ2v) is 5.78. The van der Waals surface area contributed by atoms with Crippen LogP contribution in [0.5, 0.6) is 0 Å². The first-order chi connectivity index (χ1) is 10.1. The Morgan fingerprint density at radius 1 is 1.50 bits per heavy atom. The molecule has 0 saturated carbocycles. The number of ether oxygens (including phenoxy) is 1. The number of rotatable bonds is 3. The number of aryl methyl sites for hydroxylation is 2. The molecule has 1 aliphatic rings. The summed E-state index contributed by atoms with van der Waals surface area (Å²) in [6.45, 7) is 5.67. The highest BCUT2D eigenvalue weighted by Crippen LogP contribution is 2.29. The lowest BCUT2D eigenvalue weighted by atomic mass is 10.2. The molecular formula is C14H18ClN3O3S. The van der Waals surface area contributed by atoms with Crippen LogP contribution in [0.3, 0.4) is 0 Å². The van der Waals surface area contributed by atoms with Crippen LogP contribution in [-0.2, 0) is 9.53 Å². The first-order valence-corrected chi connectivity index (χ1v) is 7.67. The van der Waals surface area contributed by atoms with Gasteiger partial charge in [-0.2, -0.15) is 0 Å². The number of hydrogen-bond donors (Lipinski definition) is 2. The van der Waals surface area contributed by atoms with Crippen molar-refractivity contribution in [2.75, 3.05) is 25.0 Å². The zero-order valence-electron chi connectivity index (χ0n) is 12.3. The number of furan rings is 1. The minimum absolute atomic E-state index is 0. The van der Waals surface area contributed by atoms with Crippen molar-refractivity contribution in [2.24, 2.45) is 0 Å². The second kappa shape index (κ2) is 7.23. The number of nitrogens with zero attached hydrogens (tertiary/aromatic N) is 1. The van der Waals surface area contributed by atoms with Crippen LogP contribution in [0.2, 0.25) is 0 Å². The van der Waals surface area contributed by atoms with Gasteiger partial charge in [0.05, 0.1) is 12.3 Å². The average molecular weight is 344 g/mol. The summed E-state index contributed by atoms with van der Waals surface area (Å²) in [4.78, 5) is 16.5. The normalized spacial score (nSPS) is 17.8. The maximum absolute atomic E-state index is 12.1. The Morgan fingerprint density at radius 2 is 2.32 bits per heavy atom. The van der Waals surface area contributed by atoms with Crippen LogP contribution in [0, 0.1) is 13.8 Å². The molecule has 1 amide bonds. The molecule has 0 aliphatic carbocycles. The monoisotopic (exact) mass is 343 g/mol. The van der Waals surface area contributed by atoms with Crippen LogP contribution < -0.4 is 10.6 Å². The van der Waals surface area contributed by atoms with Gasteiger partial charge in [-0.15, -0.1) is 23.7 Å². The minimum atomic E-state index is -0.455. The van der Waals surface area contributed by atoms with Crippen LogP contribution in [0.4, 0.5) is 5.13 Å². The summed E-state index contributed by atoms with van der Waals surface area (Å²) in [5.74, 6) is 1.52. The van der Waals surface area contributed by atoms with Crippen LogP contribution in [-0.4, -0.2) is 36.7 Å². The molecule has 0 aromatic carbocycles. The van der Waals surface area contributed by atoms with Gasteiger partial charge in [-0.1, -0.05) is 0 Å². The molecule has 3 heterocycles. The number of anilines is 1. The molecular weight excluding hydrogens is 326 g/mol. The van der Waals surface area contributed by atoms with Gasteiger partial charge in [0.15, 0.2) is 5.13 Å². The molecule has 8 heteroatoms. The molecule has 2 N–H and O–H groups in total. The number of halogens is 1. The van der Waals surface area contributed by atoms with E-state index >= 15 is 0 Å². The lowest BCUT2D eigenvalue weighted by Gasteiger charge is -2.22. The quantitative estimate of drug-likeness (QED) is 0.894. The summed E-state index contributed by atoms with van der Waals surface area (Å²) in [6.07, 6.45) is -0.455. The average Bonchev–Trinajstić information content (AvgIpc) is 3.06. The number of carbonyl (C=O) groups is 1. The molecule has 1 aliphatic heterocycles. The molecule has 3 rings (SSSR count). The van der Waals surface area contributed by atoms with E-state index in [1.807, 2.05) is 25.3 Å². The van der Waals surface area contributed by atoms with E-state index in [1.54, 1.807) is 0 Å². The van der Waals surface area contributed by atoms with Gasteiger partial charge in [0.25, 0.3) is 5.91 Å². The topological polar surface area (TPSA) is 76.4 Å². The van der Waals surface area contributed by atoms with Gasteiger partial charge in [0.2, 0.25) is 0 Å². The third-order valence-electron chi connectivity index (χ3n) is 3.27. The van der Waals surface area contributed by atoms with Crippen LogP contribution in [0.15, 0.2) is 15.9 Å². The van der Waals surface area contributed by atoms with Gasteiger partial charge in [0.1, 0.15) is 17.6 Å². The van der Waals surface area contributed by atoms with E-state index in [0.29, 0.717) is 18.3 Å². The smallest absolute Gasteiger partial charge is 0.256 e. The maximum atomic E-state index is 12.1. The molecule has 1 saturated heterocycles. The molecule has 120 valence electrons. The molecule has 0 radical (unpaired) electrons. The van der Waals surface area contributed by atoms with Gasteiger partial charge >= 0.3 is 0 Å². The van der Waals surface area contributed by atoms with Crippen molar-refractivity contribution in [3.63, 3.8) is 0 Å². The van der Waals surface area contributed by atoms with E-state index in [1.165, 1.54) is 11.3 Å². The fourth-order valence-electron chi connectivity index (χ4n) is 2.26. The standard InChI is InChI=1S/C14H17N3O3S.ClH/c1-8-5-10(9(2)20-8)11-7-21-14(16-11)17-13(18)12-6-15-3-4-19-12;/h5,7,12,15H,3-4,6H2,1-2H3,(H,16,17,18);1H/t12-;/m1./s1. The van der Waals surface area contributed by atoms with Crippen LogP contribution in [0.1, 0.15) is 11.5 Å². The van der Waals surface area contributed by atoms with E-state index < -0.39 is 6.10 Å². The van der Waals surface area contributed by atoms with Crippen molar-refractivity contribution in [1.82, 2.24) is 10.3 Å². The van der Waals surface area contributed by atoms with Gasteiger partial charge < -0.3 is 14.5 Å². The van der Waals surface area contributed by atoms with Crippen molar-refractivity contribution in [2.45, 2.75) is 20.0 Å². The van der Waals surface area contributed by atoms with Crippen molar-refractivity contribution < 1.29 is 13.9 Å². The van der Waals surface area contributed by atoms with Gasteiger partial charge in [-0.05, 0) is 19.9 Å². The molecule has 2 aromatic rings. The van der Waals surface area contributed by atoms with E-state index in [4.69, 9.17) is 9.15 Å². The Bertz CT molecular complexity index is 650. The summed E-state index contributed by atoms with van der Waals surface area (Å²) in [6, 6.07) is 1.95. The van der Waals surface area contributed by atoms with Crippen molar-refractivity contribution in [3.05, 3.63) is 23.0 Å². The number of morpholine rings is 1. The van der Waals surface area contributed by atoms with E-state index in [9.17, 15) is 4.79 Å². The molecule has 1 atom stereocenters. The number of carbonyl (C=O) groups excluding carboxylic acids is 1. The fraction of sp³-hybridized carbons (Fsp3) is 0.429. The minimum Gasteiger partial charge on any atom is -0.466 e. The zero-order chi connectivity index (χ0) is 14.8. The van der Waals surface area contributed by atoms with Gasteiger partial charge in [-0.3, -0.25) is 10.1 Å². The Labute approximate surface area is 138 Å². The number of nitrogens with one attached hydrogen (secondary N) is 2. The third kappa shape index (κ3) is 3.67. The fourth-order valence-corrected chi connectivity index (χ4v) is 2.97. The summed E-state index contributed by atoms with van der Waals surface area (Å²) < 4.78 is 10.9. The number of aromatic nitrogens is 1. The maximum Gasteiger partial charge on any atom is 0.256 e. The highest BCUT2D eigenvalue weighted by atomic mass is 35.5. The van der Waals surface area contributed by atoms with Gasteiger partial charge in [0, 0.05) is 24.0 Å². The summed E-state index contributed by atoms with van der Waals surface area (Å²) in [7, 11) is 0. The lowest BCUT2D eigenvalue weighted by molar-refractivity contribution is -0.128. The third-order valence-corrected chi connectivity index (χ3v) is 4.03. The van der Waals surface area contributed by atoms with Crippen molar-refractivity contribution in [1.29, 1.82) is 0 Å². The molecule has 2 aromatic heterocycles. The lowest BCUT2D eigenvalue weighted by Crippen LogP contribution is -2.45. The number of amides is 1. The summed E-state index contributed by atoms with van der Waals surface area (Å²) in [5.41, 5.74) is 1.77. The predicted octanol–water partition coefficient (Wildman–Crippen LogP) is 2.37. The molecule has 0 bridgehead atoms. The van der Waals surface area contributed by atoms with Gasteiger partial charge in [-0.25, -0.2) is 4.98 Å². The number of hydrogen-bond acceptors (Lipinski definition) is 6. The van der Waals surface area contributed by atoms with E-state index in [2.05, 4.69) is 15.6 Å². The number of thiazole rings is 1. The Morgan fingerprint density at radius 3 is 2.95 bits per heavy atom. The van der Waals surface area contributed by atoms with E-state index in [0.717, 1.165) is 29.3 Å². The van der Waals surface area contributed by atoms with Crippen molar-refractivity contribution in [3.8, 4) is 11.3 Å². The Balaban J connectivity index is 0.00000176. The predicted molar refractivity (Wildman–Crippen MR) is 87.8 cm³/mol. The first kappa shape index (κ1) is 17.0. The first-order valence-electron chi connectivity index (χ1n) is 6.79. The Kier molecular flexibility index (Phi) is 5.57. The van der Waals surface area contributed by atoms with Crippen LogP contribution in [0.25, 0.3) is 11.3 Å². The summed E-state index contributed by atoms with van der Waals surface area (Å²) >= 11 is 1.39. The van der Waals surface area contributed by atoms with Crippen LogP contribution >= 0.6 is 23.7 Å². The molecule has 6 nitrogen and oxygen atoms in total. The van der Waals surface area contributed by atoms with E-state index in [-0.39, 0.29) is 18.3 Å². The largest absolute Gasteiger partial charge is 0.466 e. The highest BCUT2D eigenvalue weighted by Gasteiger charge is 2.22. The van der Waals surface area contributed by atoms with Crippen molar-refractivity contribution >= 4 is 34.8 Å². The SMILES string of the molecule is Cc1cc(-c2csc(NC(=O)[C@H]3CNCCO3)n2)c(C)o1.Cl. The Hall–Kier alpha value is -1.41. The summed E-state index contributed by atoms with van der Waals surface area (Å²) in [5, 5.41) is 8.41. The highest BCUT2D eigenvalue weighted by molar-refractivity contribution is 7.14. The molecule has 0 spiro atoms. The molecule has 1 fully saturated rings.